The van der Waals surface area contributed by atoms with E-state index < -0.39 is 11.7 Å². The number of rotatable bonds is 4. The third-order valence-electron chi connectivity index (χ3n) is 3.20. The van der Waals surface area contributed by atoms with Crippen LogP contribution in [0, 0.1) is 5.92 Å². The number of ether oxygens (including phenoxy) is 1. The molecule has 1 rings (SSSR count). The average Bonchev–Trinajstić information content (AvgIpc) is 2.27. The smallest absolute Gasteiger partial charge is 0.353 e. The maximum Gasteiger partial charge on any atom is 0.353 e. The van der Waals surface area contributed by atoms with Crippen molar-refractivity contribution in [1.82, 2.24) is 0 Å². The number of aliphatic hydroxyl groups is 1. The zero-order valence-electron chi connectivity index (χ0n) is 9.37. The van der Waals surface area contributed by atoms with E-state index in [-0.39, 0.29) is 0 Å². The number of esters is 1. The van der Waals surface area contributed by atoms with E-state index in [4.69, 9.17) is 5.73 Å². The van der Waals surface area contributed by atoms with Gasteiger partial charge in [0.05, 0.1) is 7.11 Å². The lowest BCUT2D eigenvalue weighted by Crippen LogP contribution is -2.48. The van der Waals surface area contributed by atoms with E-state index in [0.29, 0.717) is 12.3 Å². The molecule has 0 aromatic rings. The van der Waals surface area contributed by atoms with Gasteiger partial charge < -0.3 is 9.84 Å². The second kappa shape index (κ2) is 5.47. The molecule has 4 nitrogen and oxygen atoms in total. The summed E-state index contributed by atoms with van der Waals surface area (Å²) in [5.41, 5.74) is 3.67. The lowest BCUT2D eigenvalue weighted by Gasteiger charge is -2.25. The van der Waals surface area contributed by atoms with Gasteiger partial charge in [-0.2, -0.15) is 0 Å². The molecule has 1 unspecified atom stereocenters. The van der Waals surface area contributed by atoms with Crippen molar-refractivity contribution in [3.63, 3.8) is 0 Å². The van der Waals surface area contributed by atoms with E-state index in [1.165, 1.54) is 39.2 Å². The number of hydrogen-bond acceptors (Lipinski definition) is 4. The number of carbonyl (C=O) groups is 1. The lowest BCUT2D eigenvalue weighted by atomic mass is 9.85. The Hall–Kier alpha value is -0.610. The molecule has 0 saturated heterocycles. The summed E-state index contributed by atoms with van der Waals surface area (Å²) in [7, 11) is 1.24. The molecule has 3 N–H and O–H groups in total. The largest absolute Gasteiger partial charge is 0.466 e. The SMILES string of the molecule is COC(=O)C(N)(O)CCC1CCCCC1. The van der Waals surface area contributed by atoms with Crippen LogP contribution in [0.15, 0.2) is 0 Å². The van der Waals surface area contributed by atoms with Gasteiger partial charge >= 0.3 is 5.97 Å². The quantitative estimate of drug-likeness (QED) is 0.545. The van der Waals surface area contributed by atoms with Crippen molar-refractivity contribution >= 4 is 5.97 Å². The van der Waals surface area contributed by atoms with E-state index in [1.54, 1.807) is 0 Å². The first-order valence-corrected chi connectivity index (χ1v) is 5.66. The Morgan fingerprint density at radius 2 is 2.07 bits per heavy atom. The van der Waals surface area contributed by atoms with E-state index in [1.807, 2.05) is 0 Å². The van der Waals surface area contributed by atoms with Crippen LogP contribution in [0.1, 0.15) is 44.9 Å². The number of carbonyl (C=O) groups excluding carboxylic acids is 1. The zero-order chi connectivity index (χ0) is 11.3. The predicted octanol–water partition coefficient (Wildman–Crippen LogP) is 1.17. The van der Waals surface area contributed by atoms with Crippen LogP contribution >= 0.6 is 0 Å². The van der Waals surface area contributed by atoms with Crippen molar-refractivity contribution in [3.05, 3.63) is 0 Å². The predicted molar refractivity (Wildman–Crippen MR) is 57.0 cm³/mol. The van der Waals surface area contributed by atoms with Crippen LogP contribution in [-0.2, 0) is 9.53 Å². The maximum atomic E-state index is 11.1. The summed E-state index contributed by atoms with van der Waals surface area (Å²) < 4.78 is 4.44. The third-order valence-corrected chi connectivity index (χ3v) is 3.20. The molecular formula is C11H21NO3. The second-order valence-electron chi connectivity index (χ2n) is 4.46. The summed E-state index contributed by atoms with van der Waals surface area (Å²) in [6, 6.07) is 0. The van der Waals surface area contributed by atoms with Crippen LogP contribution in [0.4, 0.5) is 0 Å². The van der Waals surface area contributed by atoms with Crippen molar-refractivity contribution in [2.45, 2.75) is 50.7 Å². The minimum absolute atomic E-state index is 0.296. The molecule has 0 aromatic heterocycles. The van der Waals surface area contributed by atoms with Gasteiger partial charge in [-0.1, -0.05) is 32.1 Å². The molecule has 15 heavy (non-hydrogen) atoms. The van der Waals surface area contributed by atoms with Crippen molar-refractivity contribution in [1.29, 1.82) is 0 Å². The molecule has 1 saturated carbocycles. The molecule has 0 radical (unpaired) electrons. The van der Waals surface area contributed by atoms with Crippen LogP contribution in [0.3, 0.4) is 0 Å². The summed E-state index contributed by atoms with van der Waals surface area (Å²) in [4.78, 5) is 11.1. The molecule has 4 heteroatoms. The Morgan fingerprint density at radius 3 is 2.60 bits per heavy atom. The maximum absolute atomic E-state index is 11.1. The fourth-order valence-electron chi connectivity index (χ4n) is 2.18. The van der Waals surface area contributed by atoms with Crippen molar-refractivity contribution < 1.29 is 14.6 Å². The van der Waals surface area contributed by atoms with Gasteiger partial charge in [-0.25, -0.2) is 4.79 Å². The van der Waals surface area contributed by atoms with Gasteiger partial charge in [0.2, 0.25) is 5.72 Å². The molecule has 1 aliphatic rings. The Kier molecular flexibility index (Phi) is 4.54. The molecule has 0 spiro atoms. The highest BCUT2D eigenvalue weighted by Gasteiger charge is 2.32. The lowest BCUT2D eigenvalue weighted by molar-refractivity contribution is -0.162. The Morgan fingerprint density at radius 1 is 1.47 bits per heavy atom. The summed E-state index contributed by atoms with van der Waals surface area (Å²) in [6.45, 7) is 0. The van der Waals surface area contributed by atoms with Gasteiger partial charge in [-0.05, 0) is 12.3 Å². The molecule has 1 aliphatic carbocycles. The van der Waals surface area contributed by atoms with Crippen LogP contribution in [-0.4, -0.2) is 23.9 Å². The van der Waals surface area contributed by atoms with Gasteiger partial charge in [-0.15, -0.1) is 0 Å². The highest BCUT2D eigenvalue weighted by Crippen LogP contribution is 2.28. The van der Waals surface area contributed by atoms with E-state index >= 15 is 0 Å². The monoisotopic (exact) mass is 215 g/mol. The second-order valence-corrected chi connectivity index (χ2v) is 4.46. The van der Waals surface area contributed by atoms with Gasteiger partial charge in [0.1, 0.15) is 0 Å². The highest BCUT2D eigenvalue weighted by atomic mass is 16.5. The molecule has 0 aliphatic heterocycles. The first-order chi connectivity index (χ1) is 7.06. The standard InChI is InChI=1S/C11H21NO3/c1-15-10(13)11(12,14)8-7-9-5-3-2-4-6-9/h9,14H,2-8,12H2,1H3. The van der Waals surface area contributed by atoms with Crippen LogP contribution in [0.5, 0.6) is 0 Å². The first-order valence-electron chi connectivity index (χ1n) is 5.66. The molecule has 88 valence electrons. The topological polar surface area (TPSA) is 72.5 Å². The van der Waals surface area contributed by atoms with Crippen molar-refractivity contribution in [3.8, 4) is 0 Å². The minimum Gasteiger partial charge on any atom is -0.466 e. The Labute approximate surface area is 90.8 Å². The van der Waals surface area contributed by atoms with Crippen LogP contribution in [0.25, 0.3) is 0 Å². The minimum atomic E-state index is -1.80. The summed E-state index contributed by atoms with van der Waals surface area (Å²) >= 11 is 0. The number of hydrogen-bond donors (Lipinski definition) is 2. The van der Waals surface area contributed by atoms with Gasteiger partial charge in [0.25, 0.3) is 0 Å². The molecule has 0 aromatic carbocycles. The zero-order valence-corrected chi connectivity index (χ0v) is 9.37. The van der Waals surface area contributed by atoms with Gasteiger partial charge in [0, 0.05) is 6.42 Å². The molecule has 0 heterocycles. The van der Waals surface area contributed by atoms with E-state index in [9.17, 15) is 9.90 Å². The number of nitrogens with two attached hydrogens (primary N) is 1. The fourth-order valence-corrected chi connectivity index (χ4v) is 2.18. The molecule has 1 atom stereocenters. The first kappa shape index (κ1) is 12.5. The molecule has 0 bridgehead atoms. The van der Waals surface area contributed by atoms with Gasteiger partial charge in [-0.3, -0.25) is 5.73 Å². The molecule has 1 fully saturated rings. The highest BCUT2D eigenvalue weighted by molar-refractivity contribution is 5.78. The van der Waals surface area contributed by atoms with Crippen molar-refractivity contribution in [2.24, 2.45) is 11.7 Å². The Balaban J connectivity index is 2.31. The summed E-state index contributed by atoms with van der Waals surface area (Å²) in [5, 5.41) is 9.62. The van der Waals surface area contributed by atoms with Crippen molar-refractivity contribution in [2.75, 3.05) is 7.11 Å². The average molecular weight is 215 g/mol. The summed E-state index contributed by atoms with van der Waals surface area (Å²) in [6.07, 6.45) is 7.30. The van der Waals surface area contributed by atoms with E-state index in [0.717, 1.165) is 6.42 Å². The molecule has 0 amide bonds. The third kappa shape index (κ3) is 3.80. The van der Waals surface area contributed by atoms with E-state index in [2.05, 4.69) is 4.74 Å². The number of methoxy groups -OCH3 is 1. The summed E-state index contributed by atoms with van der Waals surface area (Å²) in [5.74, 6) is -0.128. The van der Waals surface area contributed by atoms with Crippen LogP contribution in [0.2, 0.25) is 0 Å². The fraction of sp³-hybridized carbons (Fsp3) is 0.909. The Bertz CT molecular complexity index is 210. The van der Waals surface area contributed by atoms with Gasteiger partial charge in [0.15, 0.2) is 0 Å². The molecular weight excluding hydrogens is 194 g/mol. The van der Waals surface area contributed by atoms with Crippen LogP contribution < -0.4 is 5.73 Å². The normalized spacial score (nSPS) is 22.1.